The van der Waals surface area contributed by atoms with Crippen LogP contribution in [-0.4, -0.2) is 37.0 Å². The molecule has 1 atom stereocenters. The Morgan fingerprint density at radius 1 is 1.38 bits per heavy atom. The number of thiophene rings is 1. The molecule has 2 heterocycles. The zero-order valence-electron chi connectivity index (χ0n) is 14.2. The molecule has 0 fully saturated rings. The van der Waals surface area contributed by atoms with E-state index < -0.39 is 20.0 Å². The molecule has 1 aliphatic heterocycles. The van der Waals surface area contributed by atoms with E-state index in [-0.39, 0.29) is 21.0 Å². The maximum atomic E-state index is 13.1. The van der Waals surface area contributed by atoms with Crippen LogP contribution < -0.4 is 19.5 Å². The zero-order chi connectivity index (χ0) is 19.1. The number of sulfonamides is 2. The van der Waals surface area contributed by atoms with E-state index in [0.717, 1.165) is 0 Å². The molecule has 1 aliphatic rings. The zero-order valence-corrected chi connectivity index (χ0v) is 16.6. The summed E-state index contributed by atoms with van der Waals surface area (Å²) < 4.78 is 55.9. The first kappa shape index (κ1) is 19.1. The van der Waals surface area contributed by atoms with Gasteiger partial charge in [0.05, 0.1) is 25.4 Å². The molecule has 0 saturated carbocycles. The molecule has 26 heavy (non-hydrogen) atoms. The summed E-state index contributed by atoms with van der Waals surface area (Å²) in [6, 6.07) is 7.71. The Balaban J connectivity index is 2.17. The second-order valence-corrected chi connectivity index (χ2v) is 10.6. The first-order chi connectivity index (χ1) is 12.2. The van der Waals surface area contributed by atoms with Crippen molar-refractivity contribution in [1.29, 1.82) is 0 Å². The number of methoxy groups -OCH3 is 1. The lowest BCUT2D eigenvalue weighted by Gasteiger charge is -2.34. The van der Waals surface area contributed by atoms with Gasteiger partial charge in [-0.1, -0.05) is 13.0 Å². The molecule has 1 aromatic heterocycles. The molecule has 2 aromatic rings. The largest absolute Gasteiger partial charge is 0.497 e. The maximum absolute atomic E-state index is 13.1. The molecule has 1 aromatic carbocycles. The van der Waals surface area contributed by atoms with Gasteiger partial charge in [-0.15, -0.1) is 11.3 Å². The Labute approximate surface area is 156 Å². The van der Waals surface area contributed by atoms with Gasteiger partial charge in [-0.2, -0.15) is 0 Å². The van der Waals surface area contributed by atoms with E-state index >= 15 is 0 Å². The summed E-state index contributed by atoms with van der Waals surface area (Å²) in [5.74, 6) is 0.528. The number of ether oxygens (including phenoxy) is 1. The number of nitrogens with two attached hydrogens (primary N) is 1. The van der Waals surface area contributed by atoms with Crippen LogP contribution in [0.15, 0.2) is 38.8 Å². The molecule has 1 unspecified atom stereocenters. The Bertz CT molecular complexity index is 1030. The van der Waals surface area contributed by atoms with Crippen LogP contribution >= 0.6 is 11.3 Å². The van der Waals surface area contributed by atoms with Crippen molar-refractivity contribution >= 4 is 37.1 Å². The van der Waals surface area contributed by atoms with Crippen LogP contribution in [0, 0.1) is 0 Å². The lowest BCUT2D eigenvalue weighted by atomic mass is 10.1. The van der Waals surface area contributed by atoms with Gasteiger partial charge >= 0.3 is 0 Å². The van der Waals surface area contributed by atoms with Crippen molar-refractivity contribution in [2.24, 2.45) is 5.14 Å². The lowest BCUT2D eigenvalue weighted by Crippen LogP contribution is -2.43. The molecule has 3 N–H and O–H groups in total. The van der Waals surface area contributed by atoms with Crippen molar-refractivity contribution in [3.63, 3.8) is 0 Å². The van der Waals surface area contributed by atoms with Crippen molar-refractivity contribution in [2.45, 2.75) is 21.4 Å². The summed E-state index contributed by atoms with van der Waals surface area (Å²) in [6.45, 7) is 2.62. The van der Waals surface area contributed by atoms with Gasteiger partial charge in [0.15, 0.2) is 0 Å². The third-order valence-electron chi connectivity index (χ3n) is 4.02. The molecule has 0 saturated heterocycles. The number of benzene rings is 1. The quantitative estimate of drug-likeness (QED) is 0.756. The minimum absolute atomic E-state index is 0.0125. The Morgan fingerprint density at radius 2 is 2.12 bits per heavy atom. The number of rotatable bonds is 5. The first-order valence-electron chi connectivity index (χ1n) is 7.75. The van der Waals surface area contributed by atoms with Crippen molar-refractivity contribution in [3.05, 3.63) is 35.9 Å². The second-order valence-electron chi connectivity index (χ2n) is 5.70. The number of hydrogen-bond acceptors (Lipinski definition) is 7. The molecule has 11 heteroatoms. The van der Waals surface area contributed by atoms with E-state index in [1.807, 2.05) is 6.92 Å². The topological polar surface area (TPSA) is 119 Å². The highest BCUT2D eigenvalue weighted by Crippen LogP contribution is 2.42. The van der Waals surface area contributed by atoms with Crippen LogP contribution in [0.2, 0.25) is 0 Å². The fourth-order valence-corrected chi connectivity index (χ4v) is 7.09. The van der Waals surface area contributed by atoms with E-state index in [2.05, 4.69) is 5.32 Å². The third kappa shape index (κ3) is 3.32. The number of nitrogens with zero attached hydrogens (tertiary/aromatic N) is 1. The first-order valence-corrected chi connectivity index (χ1v) is 11.6. The van der Waals surface area contributed by atoms with Crippen LogP contribution in [0.25, 0.3) is 0 Å². The van der Waals surface area contributed by atoms with E-state index in [9.17, 15) is 16.8 Å². The van der Waals surface area contributed by atoms with Gasteiger partial charge in [-0.25, -0.2) is 22.0 Å². The molecule has 0 aliphatic carbocycles. The number of hydrogen-bond donors (Lipinski definition) is 2. The molecule has 0 amide bonds. The second kappa shape index (κ2) is 6.82. The van der Waals surface area contributed by atoms with Crippen LogP contribution in [-0.2, 0) is 20.0 Å². The van der Waals surface area contributed by atoms with Crippen LogP contribution in [0.5, 0.6) is 5.75 Å². The summed E-state index contributed by atoms with van der Waals surface area (Å²) in [4.78, 5) is 0. The molecule has 142 valence electrons. The molecule has 0 bridgehead atoms. The molecular formula is C15H19N3O5S3. The molecule has 0 spiro atoms. The molecule has 8 nitrogen and oxygen atoms in total. The molecule has 0 radical (unpaired) electrons. The van der Waals surface area contributed by atoms with Crippen molar-refractivity contribution in [1.82, 2.24) is 5.32 Å². The lowest BCUT2D eigenvalue weighted by molar-refractivity contribution is 0.415. The van der Waals surface area contributed by atoms with Gasteiger partial charge in [0.2, 0.25) is 10.0 Å². The van der Waals surface area contributed by atoms with Crippen LogP contribution in [0.4, 0.5) is 5.69 Å². The Morgan fingerprint density at radius 3 is 2.73 bits per heavy atom. The normalized spacial score (nSPS) is 19.2. The predicted molar refractivity (Wildman–Crippen MR) is 99.6 cm³/mol. The van der Waals surface area contributed by atoms with Gasteiger partial charge in [-0.05, 0) is 24.7 Å². The van der Waals surface area contributed by atoms with E-state index in [4.69, 9.17) is 9.88 Å². The fraction of sp³-hybridized carbons (Fsp3) is 0.333. The summed E-state index contributed by atoms with van der Waals surface area (Å²) in [7, 11) is -6.40. The van der Waals surface area contributed by atoms with E-state index in [1.54, 1.807) is 24.3 Å². The highest BCUT2D eigenvalue weighted by atomic mass is 32.3. The van der Waals surface area contributed by atoms with Gasteiger partial charge in [-0.3, -0.25) is 4.31 Å². The van der Waals surface area contributed by atoms with E-state index in [0.29, 0.717) is 34.9 Å². The number of likely N-dealkylation sites (N-methyl/N-ethyl adjacent to an activating group) is 1. The SMILES string of the molecule is CCNC1CN(c2cccc(OC)c2)S(=O)(=O)c2sc(S(N)(=O)=O)cc21. The van der Waals surface area contributed by atoms with Gasteiger partial charge in [0, 0.05) is 11.6 Å². The molecule has 3 rings (SSSR count). The summed E-state index contributed by atoms with van der Waals surface area (Å²) in [6.07, 6.45) is 0. The van der Waals surface area contributed by atoms with Crippen molar-refractivity contribution < 1.29 is 21.6 Å². The number of primary sulfonamides is 1. The van der Waals surface area contributed by atoms with Crippen molar-refractivity contribution in [3.8, 4) is 5.75 Å². The third-order valence-corrected chi connectivity index (χ3v) is 8.91. The van der Waals surface area contributed by atoms with Crippen molar-refractivity contribution in [2.75, 3.05) is 24.5 Å². The summed E-state index contributed by atoms with van der Waals surface area (Å²) in [5.41, 5.74) is 0.878. The average molecular weight is 418 g/mol. The Kier molecular flexibility index (Phi) is 5.01. The number of nitrogens with one attached hydrogen (secondary N) is 1. The minimum atomic E-state index is -3.99. The highest BCUT2D eigenvalue weighted by molar-refractivity contribution is 7.96. The Hall–Kier alpha value is -1.66. The number of fused-ring (bicyclic) bond motifs is 1. The van der Waals surface area contributed by atoms with Gasteiger partial charge < -0.3 is 10.1 Å². The van der Waals surface area contributed by atoms with Crippen LogP contribution in [0.3, 0.4) is 0 Å². The number of anilines is 1. The minimum Gasteiger partial charge on any atom is -0.497 e. The van der Waals surface area contributed by atoms with Gasteiger partial charge in [0.1, 0.15) is 14.2 Å². The monoisotopic (exact) mass is 417 g/mol. The summed E-state index contributed by atoms with van der Waals surface area (Å²) >= 11 is 0.673. The van der Waals surface area contributed by atoms with E-state index in [1.165, 1.54) is 17.5 Å². The summed E-state index contributed by atoms with van der Waals surface area (Å²) in [5, 5.41) is 8.40. The maximum Gasteiger partial charge on any atom is 0.274 e. The van der Waals surface area contributed by atoms with Crippen LogP contribution in [0.1, 0.15) is 18.5 Å². The smallest absolute Gasteiger partial charge is 0.274 e. The fourth-order valence-electron chi connectivity index (χ4n) is 2.84. The standard InChI is InChI=1S/C15H19N3O5S3/c1-3-17-13-9-18(10-5-4-6-11(7-10)23-2)26(21,22)15-12(13)8-14(24-15)25(16,19)20/h4-8,13,17H,3,9H2,1-2H3,(H2,16,19,20). The van der Waals surface area contributed by atoms with Gasteiger partial charge in [0.25, 0.3) is 10.0 Å². The average Bonchev–Trinajstić information content (AvgIpc) is 3.04. The molecular weight excluding hydrogens is 398 g/mol. The predicted octanol–water partition coefficient (Wildman–Crippen LogP) is 1.26. The highest BCUT2D eigenvalue weighted by Gasteiger charge is 2.40.